The van der Waals surface area contributed by atoms with E-state index in [0.717, 1.165) is 0 Å². The lowest BCUT2D eigenvalue weighted by molar-refractivity contribution is -0.497. The summed E-state index contributed by atoms with van der Waals surface area (Å²) >= 11 is 0. The third-order valence-corrected chi connectivity index (χ3v) is 3.23. The smallest absolute Gasteiger partial charge is 0.316 e. The van der Waals surface area contributed by atoms with Crippen LogP contribution in [-0.2, 0) is 19.1 Å². The zero-order valence-corrected chi connectivity index (χ0v) is 12.3. The van der Waals surface area contributed by atoms with Crippen molar-refractivity contribution in [3.63, 3.8) is 0 Å². The van der Waals surface area contributed by atoms with E-state index in [0.29, 0.717) is 26.1 Å². The van der Waals surface area contributed by atoms with E-state index in [1.807, 2.05) is 0 Å². The zero-order chi connectivity index (χ0) is 16.9. The maximum absolute atomic E-state index is 10.8. The summed E-state index contributed by atoms with van der Waals surface area (Å²) in [5.41, 5.74) is 0. The van der Waals surface area contributed by atoms with Crippen molar-refractivity contribution in [1.29, 1.82) is 0 Å². The lowest BCUT2D eigenvalue weighted by Crippen LogP contribution is -2.13. The predicted molar refractivity (Wildman–Crippen MR) is 71.0 cm³/mol. The van der Waals surface area contributed by atoms with Crippen LogP contribution in [0.4, 0.5) is 0 Å². The van der Waals surface area contributed by atoms with E-state index in [1.165, 1.54) is 0 Å². The van der Waals surface area contributed by atoms with Gasteiger partial charge in [-0.15, -0.1) is 0 Å². The van der Waals surface area contributed by atoms with Gasteiger partial charge in [-0.1, -0.05) is 0 Å². The molecule has 0 heterocycles. The fourth-order valence-electron chi connectivity index (χ4n) is 1.83. The van der Waals surface area contributed by atoms with Crippen molar-refractivity contribution in [3.05, 3.63) is 20.2 Å². The third-order valence-electron chi connectivity index (χ3n) is 3.23. The number of carbonyl (C=O) groups is 2. The standard InChI is InChI=1S/2C6H9NO4/c2*1-2-11-6(8)4-3-5(4)7(9)10/h2*4-5H,2-3H2,1H3/t2*4-,5-/m10/s1. The van der Waals surface area contributed by atoms with E-state index >= 15 is 0 Å². The molecular formula is C12H18N2O8. The molecule has 124 valence electrons. The molecule has 10 nitrogen and oxygen atoms in total. The Hall–Kier alpha value is -2.26. The zero-order valence-electron chi connectivity index (χ0n) is 12.3. The van der Waals surface area contributed by atoms with Crippen molar-refractivity contribution < 1.29 is 28.9 Å². The van der Waals surface area contributed by atoms with Gasteiger partial charge >= 0.3 is 11.9 Å². The van der Waals surface area contributed by atoms with Gasteiger partial charge in [0, 0.05) is 22.7 Å². The number of ether oxygens (including phenoxy) is 2. The lowest BCUT2D eigenvalue weighted by atomic mass is 10.4. The highest BCUT2D eigenvalue weighted by Gasteiger charge is 2.55. The number of nitrogens with zero attached hydrogens (tertiary/aromatic N) is 2. The van der Waals surface area contributed by atoms with Crippen LogP contribution in [0.2, 0.25) is 0 Å². The fraction of sp³-hybridized carbons (Fsp3) is 0.833. The SMILES string of the molecule is CCOC(=O)[C@@H]1C[C@H]1[N+](=O)[O-].CCOC(=O)[C@H]1C[C@@H]1[N+](=O)[O-]. The highest BCUT2D eigenvalue weighted by Crippen LogP contribution is 2.34. The highest BCUT2D eigenvalue weighted by atomic mass is 16.6. The van der Waals surface area contributed by atoms with Crippen LogP contribution >= 0.6 is 0 Å². The van der Waals surface area contributed by atoms with Gasteiger partial charge in [-0.2, -0.15) is 0 Å². The van der Waals surface area contributed by atoms with Crippen molar-refractivity contribution in [2.24, 2.45) is 11.8 Å². The van der Waals surface area contributed by atoms with Crippen LogP contribution < -0.4 is 0 Å². The molecule has 0 amide bonds. The molecule has 0 radical (unpaired) electrons. The number of hydrogen-bond acceptors (Lipinski definition) is 8. The Kier molecular flexibility index (Phi) is 6.20. The number of carbonyl (C=O) groups excluding carboxylic acids is 2. The predicted octanol–water partition coefficient (Wildman–Crippen LogP) is 0.429. The Morgan fingerprint density at radius 2 is 1.23 bits per heavy atom. The Labute approximate surface area is 126 Å². The molecule has 0 spiro atoms. The normalized spacial score (nSPS) is 27.7. The van der Waals surface area contributed by atoms with E-state index in [1.54, 1.807) is 13.8 Å². The maximum atomic E-state index is 10.8. The second-order valence-electron chi connectivity index (χ2n) is 4.89. The first-order valence-electron chi connectivity index (χ1n) is 6.93. The van der Waals surface area contributed by atoms with Crippen LogP contribution in [0.15, 0.2) is 0 Å². The van der Waals surface area contributed by atoms with Gasteiger partial charge in [-0.05, 0) is 13.8 Å². The van der Waals surface area contributed by atoms with Crippen molar-refractivity contribution in [3.8, 4) is 0 Å². The Bertz CT molecular complexity index is 424. The summed E-state index contributed by atoms with van der Waals surface area (Å²) in [6.07, 6.45) is 0.678. The molecule has 2 aliphatic carbocycles. The summed E-state index contributed by atoms with van der Waals surface area (Å²) in [6, 6.07) is -1.37. The van der Waals surface area contributed by atoms with Crippen molar-refractivity contribution in [2.45, 2.75) is 38.8 Å². The van der Waals surface area contributed by atoms with Crippen LogP contribution in [0.1, 0.15) is 26.7 Å². The second kappa shape index (κ2) is 7.66. The van der Waals surface area contributed by atoms with Crippen LogP contribution in [0, 0.1) is 32.1 Å². The van der Waals surface area contributed by atoms with Crippen LogP contribution in [0.25, 0.3) is 0 Å². The molecule has 0 saturated heterocycles. The van der Waals surface area contributed by atoms with E-state index in [-0.39, 0.29) is 0 Å². The molecule has 22 heavy (non-hydrogen) atoms. The van der Waals surface area contributed by atoms with Gasteiger partial charge in [0.1, 0.15) is 11.8 Å². The molecule has 0 aromatic carbocycles. The van der Waals surface area contributed by atoms with Crippen LogP contribution in [0.3, 0.4) is 0 Å². The van der Waals surface area contributed by atoms with Gasteiger partial charge in [0.05, 0.1) is 13.2 Å². The minimum absolute atomic E-state index is 0.291. The summed E-state index contributed by atoms with van der Waals surface area (Å²) in [4.78, 5) is 40.9. The first-order chi connectivity index (χ1) is 10.3. The molecule has 2 fully saturated rings. The molecule has 0 unspecified atom stereocenters. The Morgan fingerprint density at radius 3 is 1.41 bits per heavy atom. The first kappa shape index (κ1) is 17.8. The molecular weight excluding hydrogens is 300 g/mol. The molecule has 2 saturated carbocycles. The van der Waals surface area contributed by atoms with Crippen LogP contribution in [-0.4, -0.2) is 47.1 Å². The summed E-state index contributed by atoms with van der Waals surface area (Å²) in [6.45, 7) is 3.95. The second-order valence-corrected chi connectivity index (χ2v) is 4.89. The Balaban J connectivity index is 0.000000220. The number of hydrogen-bond donors (Lipinski definition) is 0. The van der Waals surface area contributed by atoms with Gasteiger partial charge in [0.25, 0.3) is 0 Å². The number of nitro groups is 2. The highest BCUT2D eigenvalue weighted by molar-refractivity contribution is 5.76. The number of esters is 2. The fourth-order valence-corrected chi connectivity index (χ4v) is 1.83. The lowest BCUT2D eigenvalue weighted by Gasteiger charge is -1.96. The van der Waals surface area contributed by atoms with Gasteiger partial charge in [-0.3, -0.25) is 29.8 Å². The van der Waals surface area contributed by atoms with E-state index < -0.39 is 45.7 Å². The topological polar surface area (TPSA) is 139 Å². The minimum Gasteiger partial charge on any atom is -0.466 e. The van der Waals surface area contributed by atoms with Crippen molar-refractivity contribution in [1.82, 2.24) is 0 Å². The largest absolute Gasteiger partial charge is 0.466 e. The van der Waals surface area contributed by atoms with Crippen LogP contribution in [0.5, 0.6) is 0 Å². The van der Waals surface area contributed by atoms with Crippen molar-refractivity contribution >= 4 is 11.9 Å². The molecule has 2 rings (SSSR count). The van der Waals surface area contributed by atoms with Gasteiger partial charge < -0.3 is 9.47 Å². The molecule has 0 bridgehead atoms. The van der Waals surface area contributed by atoms with Crippen molar-refractivity contribution in [2.75, 3.05) is 13.2 Å². The summed E-state index contributed by atoms with van der Waals surface area (Å²) in [7, 11) is 0. The summed E-state index contributed by atoms with van der Waals surface area (Å²) < 4.78 is 9.21. The Morgan fingerprint density at radius 1 is 0.909 bits per heavy atom. The van der Waals surface area contributed by atoms with E-state index in [9.17, 15) is 29.8 Å². The maximum Gasteiger partial charge on any atom is 0.316 e. The average molecular weight is 318 g/mol. The molecule has 4 atom stereocenters. The quantitative estimate of drug-likeness (QED) is 0.390. The van der Waals surface area contributed by atoms with E-state index in [2.05, 4.69) is 9.47 Å². The first-order valence-corrected chi connectivity index (χ1v) is 6.93. The minimum atomic E-state index is -0.686. The summed E-state index contributed by atoms with van der Waals surface area (Å²) in [5, 5.41) is 20.2. The molecule has 10 heteroatoms. The van der Waals surface area contributed by atoms with Gasteiger partial charge in [-0.25, -0.2) is 0 Å². The molecule has 0 aromatic rings. The molecule has 0 N–H and O–H groups in total. The average Bonchev–Trinajstić information content (AvgIpc) is 3.31. The molecule has 0 aliphatic heterocycles. The monoisotopic (exact) mass is 318 g/mol. The molecule has 0 aromatic heterocycles. The third kappa shape index (κ3) is 4.93. The van der Waals surface area contributed by atoms with Gasteiger partial charge in [0.15, 0.2) is 0 Å². The van der Waals surface area contributed by atoms with E-state index in [4.69, 9.17) is 0 Å². The summed E-state index contributed by atoms with van der Waals surface area (Å²) in [5.74, 6) is -1.83. The molecule has 2 aliphatic rings. The van der Waals surface area contributed by atoms with Gasteiger partial charge in [0.2, 0.25) is 12.1 Å². The number of rotatable bonds is 6.